The molecule has 1 unspecified atom stereocenters. The minimum atomic E-state index is -1.10. The molecule has 0 aliphatic heterocycles. The third-order valence-electron chi connectivity index (χ3n) is 2.28. The summed E-state index contributed by atoms with van der Waals surface area (Å²) in [5.41, 5.74) is 0. The third-order valence-corrected chi connectivity index (χ3v) is 2.28. The lowest BCUT2D eigenvalue weighted by Crippen LogP contribution is -2.34. The van der Waals surface area contributed by atoms with Gasteiger partial charge in [-0.05, 0) is 12.3 Å². The Bertz CT molecular complexity index is 319. The highest BCUT2D eigenvalue weighted by molar-refractivity contribution is 5.72. The molecule has 0 aromatic carbocycles. The van der Waals surface area contributed by atoms with Gasteiger partial charge in [0.2, 0.25) is 6.79 Å². The summed E-state index contributed by atoms with van der Waals surface area (Å²) in [6.45, 7) is 3.01. The molecule has 0 aromatic rings. The van der Waals surface area contributed by atoms with Gasteiger partial charge in [0.05, 0.1) is 5.92 Å². The van der Waals surface area contributed by atoms with Gasteiger partial charge in [-0.2, -0.15) is 0 Å². The number of carboxylic acid groups (broad SMARTS) is 1. The monoisotopic (exact) mass is 278 g/mol. The van der Waals surface area contributed by atoms with Crippen molar-refractivity contribution in [1.82, 2.24) is 5.32 Å². The number of rotatable bonds is 9. The average Bonchev–Trinajstić information content (AvgIpc) is 2.27. The van der Waals surface area contributed by atoms with Crippen LogP contribution in [0.3, 0.4) is 0 Å². The van der Waals surface area contributed by atoms with E-state index in [4.69, 9.17) is 5.11 Å². The first-order valence-corrected chi connectivity index (χ1v) is 5.73. The predicted molar refractivity (Wildman–Crippen MR) is 62.6 cm³/mol. The Morgan fingerprint density at radius 1 is 1.37 bits per heavy atom. The van der Waals surface area contributed by atoms with Crippen LogP contribution in [-0.2, 0) is 14.4 Å². The van der Waals surface area contributed by atoms with Crippen LogP contribution in [0.25, 0.3) is 0 Å². The zero-order valence-electron chi connectivity index (χ0n) is 10.8. The molecule has 1 atom stereocenters. The summed E-state index contributed by atoms with van der Waals surface area (Å²) in [5.74, 6) is -1.36. The fraction of sp³-hybridized carbons (Fsp3) is 0.800. The summed E-state index contributed by atoms with van der Waals surface area (Å²) in [4.78, 5) is 35.5. The molecule has 0 aliphatic rings. The molecule has 0 bridgehead atoms. The number of nitrogens with one attached hydrogen (secondary N) is 1. The lowest BCUT2D eigenvalue weighted by atomic mass is 9.98. The van der Waals surface area contributed by atoms with E-state index in [1.807, 2.05) is 13.8 Å². The topological polar surface area (TPSA) is 128 Å². The van der Waals surface area contributed by atoms with Crippen LogP contribution >= 0.6 is 0 Å². The number of ether oxygens (including phenoxy) is 1. The number of amides is 1. The standard InChI is InChI=1S/C10H18N2O7/c1-7(2)3-4-8(9(13)14)5-11-10(15)18-6-19-12(16)17/h7-8H,3-6H2,1-2H3,(H,11,15)(H,13,14). The first kappa shape index (κ1) is 16.9. The minimum Gasteiger partial charge on any atom is -0.481 e. The Hall–Kier alpha value is -2.06. The van der Waals surface area contributed by atoms with Crippen LogP contribution in [0.2, 0.25) is 0 Å². The second-order valence-electron chi connectivity index (χ2n) is 4.29. The fourth-order valence-electron chi connectivity index (χ4n) is 1.23. The molecule has 0 saturated carbocycles. The Morgan fingerprint density at radius 2 is 2.00 bits per heavy atom. The number of hydrogen-bond acceptors (Lipinski definition) is 6. The summed E-state index contributed by atoms with van der Waals surface area (Å²) in [6.07, 6.45) is 0.189. The van der Waals surface area contributed by atoms with Gasteiger partial charge in [0.25, 0.3) is 5.09 Å². The molecule has 0 rings (SSSR count). The van der Waals surface area contributed by atoms with Gasteiger partial charge in [-0.3, -0.25) is 9.63 Å². The van der Waals surface area contributed by atoms with Crippen LogP contribution in [0.1, 0.15) is 26.7 Å². The van der Waals surface area contributed by atoms with Gasteiger partial charge < -0.3 is 15.2 Å². The van der Waals surface area contributed by atoms with Crippen molar-refractivity contribution in [2.45, 2.75) is 26.7 Å². The van der Waals surface area contributed by atoms with Crippen LogP contribution in [0, 0.1) is 22.0 Å². The molecule has 1 amide bonds. The molecule has 2 N–H and O–H groups in total. The molecule has 19 heavy (non-hydrogen) atoms. The van der Waals surface area contributed by atoms with Gasteiger partial charge in [0.15, 0.2) is 0 Å². The largest absolute Gasteiger partial charge is 0.481 e. The van der Waals surface area contributed by atoms with Crippen molar-refractivity contribution >= 4 is 12.1 Å². The molecule has 0 aromatic heterocycles. The third kappa shape index (κ3) is 9.62. The molecule has 0 fully saturated rings. The van der Waals surface area contributed by atoms with Crippen LogP contribution in [0.15, 0.2) is 0 Å². The highest BCUT2D eigenvalue weighted by Crippen LogP contribution is 2.12. The lowest BCUT2D eigenvalue weighted by Gasteiger charge is -2.14. The van der Waals surface area contributed by atoms with Crippen LogP contribution in [-0.4, -0.2) is 35.6 Å². The number of carbonyl (C=O) groups excluding carboxylic acids is 1. The zero-order valence-corrected chi connectivity index (χ0v) is 10.8. The molecule has 0 radical (unpaired) electrons. The highest BCUT2D eigenvalue weighted by atomic mass is 17.0. The van der Waals surface area contributed by atoms with Crippen LogP contribution in [0.5, 0.6) is 0 Å². The smallest absolute Gasteiger partial charge is 0.409 e. The normalized spacial score (nSPS) is 11.7. The predicted octanol–water partition coefficient (Wildman–Crippen LogP) is 1.02. The Balaban J connectivity index is 3.93. The summed E-state index contributed by atoms with van der Waals surface area (Å²) >= 11 is 0. The SMILES string of the molecule is CC(C)CCC(CNC(=O)OCO[N+](=O)[O-])C(=O)O. The van der Waals surface area contributed by atoms with Crippen LogP contribution in [0.4, 0.5) is 4.79 Å². The van der Waals surface area contributed by atoms with Gasteiger partial charge >= 0.3 is 12.1 Å². The number of carbonyl (C=O) groups is 2. The second kappa shape index (κ2) is 8.95. The molecular formula is C10H18N2O7. The van der Waals surface area contributed by atoms with Gasteiger partial charge in [-0.25, -0.2) is 4.79 Å². The van der Waals surface area contributed by atoms with Crippen molar-refractivity contribution in [3.63, 3.8) is 0 Å². The van der Waals surface area contributed by atoms with E-state index >= 15 is 0 Å². The quantitative estimate of drug-likeness (QED) is 0.366. The van der Waals surface area contributed by atoms with Gasteiger partial charge in [-0.1, -0.05) is 20.3 Å². The molecule has 0 aliphatic carbocycles. The molecule has 0 heterocycles. The average molecular weight is 278 g/mol. The van der Waals surface area contributed by atoms with Crippen molar-refractivity contribution in [2.75, 3.05) is 13.3 Å². The summed E-state index contributed by atoms with van der Waals surface area (Å²) in [5, 5.41) is 19.8. The van der Waals surface area contributed by atoms with Gasteiger partial charge in [0.1, 0.15) is 0 Å². The fourth-order valence-corrected chi connectivity index (χ4v) is 1.23. The maximum atomic E-state index is 11.1. The Labute approximate surface area is 110 Å². The van der Waals surface area contributed by atoms with E-state index < -0.39 is 29.9 Å². The minimum absolute atomic E-state index is 0.0979. The van der Waals surface area contributed by atoms with E-state index in [0.717, 1.165) is 6.42 Å². The lowest BCUT2D eigenvalue weighted by molar-refractivity contribution is -0.765. The van der Waals surface area contributed by atoms with E-state index in [-0.39, 0.29) is 6.54 Å². The van der Waals surface area contributed by atoms with E-state index in [2.05, 4.69) is 14.9 Å². The van der Waals surface area contributed by atoms with E-state index in [1.165, 1.54) is 0 Å². The maximum absolute atomic E-state index is 11.1. The zero-order chi connectivity index (χ0) is 14.8. The molecular weight excluding hydrogens is 260 g/mol. The number of carboxylic acids is 1. The van der Waals surface area contributed by atoms with Crippen molar-refractivity contribution in [1.29, 1.82) is 0 Å². The second-order valence-corrected chi connectivity index (χ2v) is 4.29. The Morgan fingerprint density at radius 3 is 2.47 bits per heavy atom. The van der Waals surface area contributed by atoms with Crippen molar-refractivity contribution in [3.05, 3.63) is 10.1 Å². The molecule has 0 saturated heterocycles. The Kier molecular flexibility index (Phi) is 7.98. The van der Waals surface area contributed by atoms with Gasteiger partial charge in [-0.15, -0.1) is 10.1 Å². The number of alkyl carbamates (subject to hydrolysis) is 1. The number of nitrogens with zero attached hydrogens (tertiary/aromatic N) is 1. The number of hydrogen-bond donors (Lipinski definition) is 2. The number of aliphatic carboxylic acids is 1. The van der Waals surface area contributed by atoms with Gasteiger partial charge in [0, 0.05) is 6.54 Å². The van der Waals surface area contributed by atoms with Crippen molar-refractivity contribution < 1.29 is 29.4 Å². The van der Waals surface area contributed by atoms with E-state index in [0.29, 0.717) is 12.3 Å². The van der Waals surface area contributed by atoms with Crippen molar-refractivity contribution in [2.24, 2.45) is 11.8 Å². The van der Waals surface area contributed by atoms with E-state index in [1.54, 1.807) is 0 Å². The van der Waals surface area contributed by atoms with Crippen LogP contribution < -0.4 is 5.32 Å². The van der Waals surface area contributed by atoms with Crippen molar-refractivity contribution in [3.8, 4) is 0 Å². The summed E-state index contributed by atoms with van der Waals surface area (Å²) in [7, 11) is 0. The molecule has 110 valence electrons. The van der Waals surface area contributed by atoms with E-state index in [9.17, 15) is 19.7 Å². The summed E-state index contributed by atoms with van der Waals surface area (Å²) in [6, 6.07) is 0. The molecule has 9 nitrogen and oxygen atoms in total. The first-order chi connectivity index (χ1) is 8.82. The molecule has 9 heteroatoms. The summed E-state index contributed by atoms with van der Waals surface area (Å²) < 4.78 is 4.30. The maximum Gasteiger partial charge on any atom is 0.409 e. The highest BCUT2D eigenvalue weighted by Gasteiger charge is 2.19. The molecule has 0 spiro atoms. The first-order valence-electron chi connectivity index (χ1n) is 5.73.